The highest BCUT2D eigenvalue weighted by Crippen LogP contribution is 2.45. The van der Waals surface area contributed by atoms with Crippen LogP contribution in [0.15, 0.2) is 149 Å². The standard InChI is InChI=1S/C41H32N10O11S3/c1-21-15-35(47-48-40-38(64-62-60-54)17-23-16-26(7-10-29(23)41(40)52)44-45-32-12-4-24(42)18-36(32)58-3)22(2)14-34(21)46-43-25-5-8-27(9-6-25)51-49-33-13-11-30-31(39(33)50-51)19-28(65(55,56)57)20-37(30)63-61-59-53/h4-20,52-54H,42H2,1-3H3,(H,55,56,57). The lowest BCUT2D eigenvalue weighted by atomic mass is 10.1. The summed E-state index contributed by atoms with van der Waals surface area (Å²) in [5, 5.41) is 73.7. The van der Waals surface area contributed by atoms with Gasteiger partial charge in [-0.05, 0) is 121 Å². The van der Waals surface area contributed by atoms with Crippen LogP contribution in [-0.4, -0.2) is 50.7 Å². The van der Waals surface area contributed by atoms with Gasteiger partial charge >= 0.3 is 0 Å². The third-order valence-electron chi connectivity index (χ3n) is 9.66. The lowest BCUT2D eigenvalue weighted by molar-refractivity contribution is -0.432. The van der Waals surface area contributed by atoms with Gasteiger partial charge in [-0.2, -0.15) is 33.7 Å². The summed E-state index contributed by atoms with van der Waals surface area (Å²) in [5.74, 6) is 0.245. The molecule has 0 aliphatic heterocycles. The van der Waals surface area contributed by atoms with E-state index in [0.717, 1.165) is 5.56 Å². The number of fused-ring (bicyclic) bond motifs is 4. The molecule has 0 atom stereocenters. The molecule has 0 saturated heterocycles. The minimum atomic E-state index is -4.62. The third kappa shape index (κ3) is 9.76. The summed E-state index contributed by atoms with van der Waals surface area (Å²) in [6.07, 6.45) is 0. The summed E-state index contributed by atoms with van der Waals surface area (Å²) in [4.78, 5) is 1.44. The van der Waals surface area contributed by atoms with Crippen LogP contribution in [-0.2, 0) is 28.9 Å². The van der Waals surface area contributed by atoms with Crippen molar-refractivity contribution in [2.75, 3.05) is 12.8 Å². The number of rotatable bonds is 15. The van der Waals surface area contributed by atoms with Gasteiger partial charge in [-0.3, -0.25) is 4.55 Å². The molecule has 0 fully saturated rings. The molecular formula is C41H32N10O11S3. The first-order chi connectivity index (χ1) is 31.3. The molecule has 21 nitrogen and oxygen atoms in total. The van der Waals surface area contributed by atoms with E-state index in [1.54, 1.807) is 91.0 Å². The van der Waals surface area contributed by atoms with E-state index in [2.05, 4.69) is 55.3 Å². The number of phenolic OH excluding ortho intramolecular Hbond substituents is 1. The van der Waals surface area contributed by atoms with Crippen LogP contribution >= 0.6 is 24.1 Å². The Hall–Kier alpha value is -6.97. The van der Waals surface area contributed by atoms with Crippen LogP contribution in [0.2, 0.25) is 0 Å². The van der Waals surface area contributed by atoms with E-state index >= 15 is 0 Å². The molecule has 0 bridgehead atoms. The second kappa shape index (κ2) is 19.0. The Morgan fingerprint density at radius 2 is 1.31 bits per heavy atom. The summed E-state index contributed by atoms with van der Waals surface area (Å²) < 4.78 is 48.4. The number of aromatic nitrogens is 3. The van der Waals surface area contributed by atoms with Crippen molar-refractivity contribution in [2.45, 2.75) is 28.5 Å². The maximum atomic E-state index is 12.0. The zero-order chi connectivity index (χ0) is 45.8. The maximum absolute atomic E-state index is 12.0. The van der Waals surface area contributed by atoms with Crippen molar-refractivity contribution in [1.29, 1.82) is 0 Å². The SMILES string of the molecule is COc1cc(N)ccc1N=Nc1ccc2c(O)c(N=Nc3cc(C)c(N=Nc4ccc(-n5nc6ccc7c(SOOO)cc(S(=O)(=O)O)cc7c6n5)cc4)cc3C)c(SOOO)cc2c1. The van der Waals surface area contributed by atoms with Crippen molar-refractivity contribution in [3.63, 3.8) is 0 Å². The van der Waals surface area contributed by atoms with Gasteiger partial charge in [0, 0.05) is 32.8 Å². The van der Waals surface area contributed by atoms with Gasteiger partial charge in [0.1, 0.15) is 28.2 Å². The lowest BCUT2D eigenvalue weighted by Crippen LogP contribution is -1.99. The molecule has 1 aromatic heterocycles. The fourth-order valence-corrected chi connectivity index (χ4v) is 8.16. The number of aromatic hydroxyl groups is 1. The number of benzene rings is 7. The largest absolute Gasteiger partial charge is 0.505 e. The highest BCUT2D eigenvalue weighted by atomic mass is 32.2. The number of aryl methyl sites for hydroxylation is 2. The average Bonchev–Trinajstić information content (AvgIpc) is 3.75. The van der Waals surface area contributed by atoms with E-state index in [1.807, 2.05) is 13.8 Å². The van der Waals surface area contributed by atoms with Crippen molar-refractivity contribution in [3.8, 4) is 17.2 Å². The zero-order valence-corrected chi connectivity index (χ0v) is 36.2. The van der Waals surface area contributed by atoms with Gasteiger partial charge < -0.3 is 15.6 Å². The smallest absolute Gasteiger partial charge is 0.294 e. The number of hydrogen-bond donors (Lipinski definition) is 5. The van der Waals surface area contributed by atoms with E-state index in [9.17, 15) is 18.1 Å². The summed E-state index contributed by atoms with van der Waals surface area (Å²) >= 11 is 1.15. The Labute approximate surface area is 375 Å². The van der Waals surface area contributed by atoms with Gasteiger partial charge in [0.2, 0.25) is 0 Å². The molecule has 0 radical (unpaired) electrons. The fourth-order valence-electron chi connectivity index (χ4n) is 6.51. The highest BCUT2D eigenvalue weighted by molar-refractivity contribution is 7.95. The molecule has 330 valence electrons. The highest BCUT2D eigenvalue weighted by Gasteiger charge is 2.20. The molecule has 24 heteroatoms. The minimum absolute atomic E-state index is 0.0518. The van der Waals surface area contributed by atoms with Gasteiger partial charge in [-0.15, -0.1) is 29.1 Å². The van der Waals surface area contributed by atoms with Crippen molar-refractivity contribution < 1.29 is 52.1 Å². The Morgan fingerprint density at radius 1 is 0.662 bits per heavy atom. The number of azo groups is 3. The first-order valence-electron chi connectivity index (χ1n) is 18.6. The van der Waals surface area contributed by atoms with Crippen LogP contribution in [0.1, 0.15) is 11.1 Å². The quantitative estimate of drug-likeness (QED) is 0.0159. The van der Waals surface area contributed by atoms with Crippen LogP contribution in [0.25, 0.3) is 38.3 Å². The first-order valence-corrected chi connectivity index (χ1v) is 21.6. The van der Waals surface area contributed by atoms with Gasteiger partial charge in [0.25, 0.3) is 10.1 Å². The lowest BCUT2D eigenvalue weighted by Gasteiger charge is -2.10. The summed E-state index contributed by atoms with van der Waals surface area (Å²) in [6.45, 7) is 3.65. The Morgan fingerprint density at radius 3 is 2.00 bits per heavy atom. The molecular weight excluding hydrogens is 905 g/mol. The van der Waals surface area contributed by atoms with Crippen molar-refractivity contribution in [1.82, 2.24) is 15.0 Å². The topological polar surface area (TPSA) is 292 Å². The van der Waals surface area contributed by atoms with Crippen LogP contribution in [0.3, 0.4) is 0 Å². The normalized spacial score (nSPS) is 12.3. The molecule has 7 aromatic carbocycles. The predicted octanol–water partition coefficient (Wildman–Crippen LogP) is 12.0. The minimum Gasteiger partial charge on any atom is -0.505 e. The second-order valence-electron chi connectivity index (χ2n) is 13.8. The van der Waals surface area contributed by atoms with E-state index in [-0.39, 0.29) is 21.2 Å². The van der Waals surface area contributed by atoms with Crippen molar-refractivity contribution in [3.05, 3.63) is 114 Å². The zero-order valence-electron chi connectivity index (χ0n) is 33.8. The first kappa shape index (κ1) is 44.6. The molecule has 8 aromatic rings. The monoisotopic (exact) mass is 936 g/mol. The van der Waals surface area contributed by atoms with E-state index in [4.69, 9.17) is 25.3 Å². The summed E-state index contributed by atoms with van der Waals surface area (Å²) in [6, 6.07) is 27.9. The number of phenols is 1. The Balaban J connectivity index is 1.01. The predicted molar refractivity (Wildman–Crippen MR) is 239 cm³/mol. The number of nitrogen functional groups attached to an aromatic ring is 1. The van der Waals surface area contributed by atoms with E-state index in [1.165, 1.54) is 24.0 Å². The summed E-state index contributed by atoms with van der Waals surface area (Å²) in [7, 11) is -3.11. The fraction of sp³-hybridized carbons (Fsp3) is 0.0732. The molecule has 0 aliphatic carbocycles. The number of methoxy groups -OCH3 is 1. The number of ether oxygens (including phenoxy) is 1. The number of hydrogen-bond acceptors (Lipinski definition) is 21. The molecule has 0 saturated carbocycles. The van der Waals surface area contributed by atoms with Crippen LogP contribution < -0.4 is 10.5 Å². The molecule has 1 heterocycles. The number of anilines is 1. The van der Waals surface area contributed by atoms with Crippen molar-refractivity contribution in [2.24, 2.45) is 30.7 Å². The van der Waals surface area contributed by atoms with E-state index in [0.29, 0.717) is 108 Å². The van der Waals surface area contributed by atoms with Crippen LogP contribution in [0, 0.1) is 13.8 Å². The maximum Gasteiger partial charge on any atom is 0.294 e. The molecule has 0 aliphatic rings. The van der Waals surface area contributed by atoms with Crippen LogP contribution in [0.4, 0.5) is 39.8 Å². The molecule has 6 N–H and O–H groups in total. The van der Waals surface area contributed by atoms with Gasteiger partial charge in [0.15, 0.2) is 5.75 Å². The number of nitrogens with two attached hydrogens (primary N) is 1. The molecule has 65 heavy (non-hydrogen) atoms. The Kier molecular flexibility index (Phi) is 13.1. The van der Waals surface area contributed by atoms with Crippen LogP contribution in [0.5, 0.6) is 11.5 Å². The number of nitrogens with zero attached hydrogens (tertiary/aromatic N) is 9. The molecule has 0 unspecified atom stereocenters. The van der Waals surface area contributed by atoms with Crippen molar-refractivity contribution >= 4 is 107 Å². The molecule has 0 spiro atoms. The van der Waals surface area contributed by atoms with Gasteiger partial charge in [-0.1, -0.05) is 16.1 Å². The van der Waals surface area contributed by atoms with Gasteiger partial charge in [-0.25, -0.2) is 10.5 Å². The third-order valence-corrected chi connectivity index (χ3v) is 11.8. The average molecular weight is 937 g/mol. The molecule has 0 amide bonds. The Bertz CT molecular complexity index is 3330. The van der Waals surface area contributed by atoms with E-state index < -0.39 is 15.0 Å². The van der Waals surface area contributed by atoms with Gasteiger partial charge in [0.05, 0.1) is 69.4 Å². The summed E-state index contributed by atoms with van der Waals surface area (Å²) in [5.41, 5.74) is 11.7. The molecule has 8 rings (SSSR count). The second-order valence-corrected chi connectivity index (χ2v) is 16.7.